The molecule has 1 aromatic carbocycles. The molecule has 0 bridgehead atoms. The third-order valence-electron chi connectivity index (χ3n) is 2.19. The molecule has 1 heterocycles. The van der Waals surface area contributed by atoms with Crippen molar-refractivity contribution in [1.82, 2.24) is 0 Å². The summed E-state index contributed by atoms with van der Waals surface area (Å²) >= 11 is 0. The Morgan fingerprint density at radius 1 is 1.41 bits per heavy atom. The smallest absolute Gasteiger partial charge is 0.258 e. The van der Waals surface area contributed by atoms with Crippen molar-refractivity contribution in [2.75, 3.05) is 12.4 Å². The molecule has 0 spiro atoms. The van der Waals surface area contributed by atoms with Gasteiger partial charge in [-0.2, -0.15) is 0 Å². The number of carbonyl (C=O) groups excluding carboxylic acids is 1. The van der Waals surface area contributed by atoms with Crippen LogP contribution in [0.2, 0.25) is 0 Å². The molecule has 0 saturated heterocycles. The van der Waals surface area contributed by atoms with E-state index in [0.717, 1.165) is 0 Å². The van der Waals surface area contributed by atoms with Crippen molar-refractivity contribution in [2.45, 2.75) is 0 Å². The predicted octanol–water partition coefficient (Wildman–Crippen LogP) is 2.68. The van der Waals surface area contributed by atoms with E-state index >= 15 is 0 Å². The summed E-state index contributed by atoms with van der Waals surface area (Å²) in [5.74, 6) is -0.726. The SMILES string of the molecule is COc1cc(NC(=O)c2ccoc2)ccc1F. The topological polar surface area (TPSA) is 51.5 Å². The van der Waals surface area contributed by atoms with Crippen LogP contribution in [0.25, 0.3) is 0 Å². The van der Waals surface area contributed by atoms with Crippen LogP contribution in [0.3, 0.4) is 0 Å². The maximum Gasteiger partial charge on any atom is 0.258 e. The van der Waals surface area contributed by atoms with Gasteiger partial charge in [0, 0.05) is 11.8 Å². The van der Waals surface area contributed by atoms with Crippen molar-refractivity contribution in [3.05, 3.63) is 48.2 Å². The van der Waals surface area contributed by atoms with Crippen LogP contribution >= 0.6 is 0 Å². The maximum absolute atomic E-state index is 13.1. The summed E-state index contributed by atoms with van der Waals surface area (Å²) in [4.78, 5) is 11.7. The van der Waals surface area contributed by atoms with Crippen molar-refractivity contribution in [3.8, 4) is 5.75 Å². The molecular formula is C12H10FNO3. The normalized spacial score (nSPS) is 10.0. The van der Waals surface area contributed by atoms with Gasteiger partial charge in [0.25, 0.3) is 5.91 Å². The fourth-order valence-corrected chi connectivity index (χ4v) is 1.33. The minimum absolute atomic E-state index is 0.0787. The lowest BCUT2D eigenvalue weighted by Crippen LogP contribution is -2.10. The first-order valence-corrected chi connectivity index (χ1v) is 4.88. The molecule has 0 radical (unpaired) electrons. The molecule has 0 aliphatic rings. The number of amides is 1. The number of benzene rings is 1. The third-order valence-corrected chi connectivity index (χ3v) is 2.19. The minimum Gasteiger partial charge on any atom is -0.494 e. The number of methoxy groups -OCH3 is 1. The summed E-state index contributed by atoms with van der Waals surface area (Å²) in [5.41, 5.74) is 0.850. The Kier molecular flexibility index (Phi) is 3.09. The zero-order valence-electron chi connectivity index (χ0n) is 9.07. The molecule has 0 saturated carbocycles. The van der Waals surface area contributed by atoms with Crippen molar-refractivity contribution >= 4 is 11.6 Å². The molecule has 0 aliphatic heterocycles. The largest absolute Gasteiger partial charge is 0.494 e. The highest BCUT2D eigenvalue weighted by Crippen LogP contribution is 2.21. The van der Waals surface area contributed by atoms with E-state index in [-0.39, 0.29) is 11.7 Å². The number of hydrogen-bond donors (Lipinski definition) is 1. The molecule has 0 unspecified atom stereocenters. The molecule has 17 heavy (non-hydrogen) atoms. The number of halogens is 1. The highest BCUT2D eigenvalue weighted by Gasteiger charge is 2.09. The molecule has 1 amide bonds. The number of rotatable bonds is 3. The first kappa shape index (κ1) is 11.2. The van der Waals surface area contributed by atoms with Gasteiger partial charge in [0.2, 0.25) is 0 Å². The van der Waals surface area contributed by atoms with Crippen LogP contribution < -0.4 is 10.1 Å². The molecule has 0 atom stereocenters. The van der Waals surface area contributed by atoms with E-state index in [1.165, 1.54) is 43.9 Å². The van der Waals surface area contributed by atoms with Gasteiger partial charge < -0.3 is 14.5 Å². The van der Waals surface area contributed by atoms with E-state index in [9.17, 15) is 9.18 Å². The first-order valence-electron chi connectivity index (χ1n) is 4.88. The highest BCUT2D eigenvalue weighted by molar-refractivity contribution is 6.04. The molecule has 0 fully saturated rings. The average Bonchev–Trinajstić information content (AvgIpc) is 2.85. The molecular weight excluding hydrogens is 225 g/mol. The second kappa shape index (κ2) is 4.69. The zero-order chi connectivity index (χ0) is 12.3. The lowest BCUT2D eigenvalue weighted by atomic mass is 10.2. The third kappa shape index (κ3) is 2.44. The van der Waals surface area contributed by atoms with Gasteiger partial charge >= 0.3 is 0 Å². The van der Waals surface area contributed by atoms with E-state index < -0.39 is 5.82 Å². The standard InChI is InChI=1S/C12H10FNO3/c1-16-11-6-9(2-3-10(11)13)14-12(15)8-4-5-17-7-8/h2-7H,1H3,(H,14,15). The minimum atomic E-state index is -0.478. The number of nitrogens with one attached hydrogen (secondary N) is 1. The van der Waals surface area contributed by atoms with Gasteiger partial charge in [-0.05, 0) is 18.2 Å². The second-order valence-electron chi connectivity index (χ2n) is 3.32. The van der Waals surface area contributed by atoms with Crippen LogP contribution in [0.5, 0.6) is 5.75 Å². The van der Waals surface area contributed by atoms with Gasteiger partial charge in [0.15, 0.2) is 11.6 Å². The molecule has 0 aliphatic carbocycles. The first-order chi connectivity index (χ1) is 8.20. The molecule has 1 N–H and O–H groups in total. The summed E-state index contributed by atoms with van der Waals surface area (Å²) in [5, 5.41) is 2.60. The summed E-state index contributed by atoms with van der Waals surface area (Å²) < 4.78 is 22.7. The lowest BCUT2D eigenvalue weighted by molar-refractivity contribution is 0.102. The van der Waals surface area contributed by atoms with Crippen LogP contribution in [0, 0.1) is 5.82 Å². The Labute approximate surface area is 97.0 Å². The van der Waals surface area contributed by atoms with Gasteiger partial charge in [-0.1, -0.05) is 0 Å². The van der Waals surface area contributed by atoms with Crippen molar-refractivity contribution in [1.29, 1.82) is 0 Å². The highest BCUT2D eigenvalue weighted by atomic mass is 19.1. The van der Waals surface area contributed by atoms with E-state index in [1.54, 1.807) is 0 Å². The Morgan fingerprint density at radius 3 is 2.88 bits per heavy atom. The second-order valence-corrected chi connectivity index (χ2v) is 3.32. The van der Waals surface area contributed by atoms with Gasteiger partial charge in [-0.25, -0.2) is 4.39 Å². The van der Waals surface area contributed by atoms with E-state index in [1.807, 2.05) is 0 Å². The molecule has 5 heteroatoms. The Morgan fingerprint density at radius 2 is 2.24 bits per heavy atom. The van der Waals surface area contributed by atoms with Gasteiger partial charge in [0.1, 0.15) is 6.26 Å². The van der Waals surface area contributed by atoms with Crippen LogP contribution in [0.4, 0.5) is 10.1 Å². The monoisotopic (exact) mass is 235 g/mol. The van der Waals surface area contributed by atoms with Gasteiger partial charge in [0.05, 0.1) is 18.9 Å². The number of furan rings is 1. The van der Waals surface area contributed by atoms with Crippen molar-refractivity contribution < 1.29 is 18.3 Å². The summed E-state index contributed by atoms with van der Waals surface area (Å²) in [7, 11) is 1.36. The van der Waals surface area contributed by atoms with Crippen LogP contribution in [0.1, 0.15) is 10.4 Å². The average molecular weight is 235 g/mol. The molecule has 88 valence electrons. The summed E-state index contributed by atoms with van der Waals surface area (Å²) in [6.45, 7) is 0. The molecule has 2 rings (SSSR count). The molecule has 1 aromatic heterocycles. The Bertz CT molecular complexity index is 523. The fraction of sp³-hybridized carbons (Fsp3) is 0.0833. The zero-order valence-corrected chi connectivity index (χ0v) is 9.07. The van der Waals surface area contributed by atoms with Crippen LogP contribution in [-0.2, 0) is 0 Å². The van der Waals surface area contributed by atoms with Crippen molar-refractivity contribution in [2.24, 2.45) is 0 Å². The quantitative estimate of drug-likeness (QED) is 0.889. The number of hydrogen-bond acceptors (Lipinski definition) is 3. The van der Waals surface area contributed by atoms with Gasteiger partial charge in [-0.3, -0.25) is 4.79 Å². The van der Waals surface area contributed by atoms with Gasteiger partial charge in [-0.15, -0.1) is 0 Å². The molecule has 4 nitrogen and oxygen atoms in total. The number of anilines is 1. The maximum atomic E-state index is 13.1. The number of carbonyl (C=O) groups is 1. The van der Waals surface area contributed by atoms with E-state index in [4.69, 9.17) is 9.15 Å². The van der Waals surface area contributed by atoms with Crippen molar-refractivity contribution in [3.63, 3.8) is 0 Å². The van der Waals surface area contributed by atoms with E-state index in [2.05, 4.69) is 5.32 Å². The summed E-state index contributed by atoms with van der Waals surface area (Å²) in [6.07, 6.45) is 2.73. The number of ether oxygens (including phenoxy) is 1. The fourth-order valence-electron chi connectivity index (χ4n) is 1.33. The molecule has 2 aromatic rings. The van der Waals surface area contributed by atoms with Crippen LogP contribution in [-0.4, -0.2) is 13.0 Å². The summed E-state index contributed by atoms with van der Waals surface area (Å²) in [6, 6.07) is 5.63. The van der Waals surface area contributed by atoms with E-state index in [0.29, 0.717) is 11.3 Å². The van der Waals surface area contributed by atoms with Crippen LogP contribution in [0.15, 0.2) is 41.2 Å². The Balaban J connectivity index is 2.16. The predicted molar refractivity (Wildman–Crippen MR) is 59.6 cm³/mol. The Hall–Kier alpha value is -2.30. The lowest BCUT2D eigenvalue weighted by Gasteiger charge is -2.06.